The quantitative estimate of drug-likeness (QED) is 0.711. The minimum atomic E-state index is -0.103. The summed E-state index contributed by atoms with van der Waals surface area (Å²) < 4.78 is 0. The van der Waals surface area contributed by atoms with Crippen molar-refractivity contribution in [1.29, 1.82) is 0 Å². The molecule has 1 heterocycles. The summed E-state index contributed by atoms with van der Waals surface area (Å²) in [5.41, 5.74) is 4.55. The zero-order valence-corrected chi connectivity index (χ0v) is 15.0. The summed E-state index contributed by atoms with van der Waals surface area (Å²) in [4.78, 5) is 12.2. The second-order valence-electron chi connectivity index (χ2n) is 6.24. The molecule has 0 saturated heterocycles. The molecular formula is C21H22N4O. The number of carbonyl (C=O) groups is 1. The monoisotopic (exact) mass is 346 g/mol. The van der Waals surface area contributed by atoms with E-state index in [4.69, 9.17) is 0 Å². The highest BCUT2D eigenvalue weighted by Gasteiger charge is 2.07. The normalized spacial score (nSPS) is 10.4. The topological polar surface area (TPSA) is 66.9 Å². The van der Waals surface area contributed by atoms with Crippen LogP contribution in [0, 0.1) is 13.8 Å². The minimum absolute atomic E-state index is 0.103. The molecule has 3 aromatic rings. The Hall–Kier alpha value is -3.21. The molecule has 1 aromatic heterocycles. The van der Waals surface area contributed by atoms with Crippen LogP contribution in [0.3, 0.4) is 0 Å². The number of nitrogens with one attached hydrogen (secondary N) is 2. The maximum atomic E-state index is 12.2. The number of rotatable bonds is 6. The molecule has 0 saturated carbocycles. The van der Waals surface area contributed by atoms with Crippen LogP contribution in [0.5, 0.6) is 0 Å². The second kappa shape index (κ2) is 8.25. The molecule has 5 heteroatoms. The van der Waals surface area contributed by atoms with Gasteiger partial charge in [0, 0.05) is 6.54 Å². The molecule has 26 heavy (non-hydrogen) atoms. The van der Waals surface area contributed by atoms with E-state index < -0.39 is 0 Å². The van der Waals surface area contributed by atoms with E-state index in [-0.39, 0.29) is 5.91 Å². The second-order valence-corrected chi connectivity index (χ2v) is 6.24. The zero-order valence-electron chi connectivity index (χ0n) is 15.0. The predicted molar refractivity (Wildman–Crippen MR) is 104 cm³/mol. The van der Waals surface area contributed by atoms with Crippen molar-refractivity contribution < 1.29 is 4.79 Å². The van der Waals surface area contributed by atoms with Crippen molar-refractivity contribution in [3.05, 3.63) is 82.9 Å². The van der Waals surface area contributed by atoms with Gasteiger partial charge in [-0.05, 0) is 48.2 Å². The molecule has 3 rings (SSSR count). The first kappa shape index (κ1) is 17.6. The van der Waals surface area contributed by atoms with Gasteiger partial charge in [0.25, 0.3) is 0 Å². The lowest BCUT2D eigenvalue weighted by atomic mass is 10.1. The van der Waals surface area contributed by atoms with Crippen molar-refractivity contribution >= 4 is 17.5 Å². The molecule has 1 amide bonds. The molecule has 2 aromatic carbocycles. The van der Waals surface area contributed by atoms with Crippen molar-refractivity contribution in [3.63, 3.8) is 0 Å². The summed E-state index contributed by atoms with van der Waals surface area (Å²) >= 11 is 0. The van der Waals surface area contributed by atoms with Crippen LogP contribution in [0.15, 0.2) is 60.7 Å². The van der Waals surface area contributed by atoms with Gasteiger partial charge in [0.05, 0.1) is 6.42 Å². The van der Waals surface area contributed by atoms with E-state index in [1.54, 1.807) is 6.07 Å². The molecular weight excluding hydrogens is 324 g/mol. The Balaban J connectivity index is 1.55. The van der Waals surface area contributed by atoms with Gasteiger partial charge in [-0.2, -0.15) is 0 Å². The van der Waals surface area contributed by atoms with E-state index in [1.165, 1.54) is 11.1 Å². The largest absolute Gasteiger partial charge is 0.364 e. The zero-order chi connectivity index (χ0) is 18.4. The van der Waals surface area contributed by atoms with Gasteiger partial charge in [0.1, 0.15) is 5.82 Å². The number of anilines is 2. The highest BCUT2D eigenvalue weighted by Crippen LogP contribution is 2.12. The Labute approximate surface area is 153 Å². The fourth-order valence-corrected chi connectivity index (χ4v) is 2.66. The van der Waals surface area contributed by atoms with E-state index in [0.717, 1.165) is 11.1 Å². The van der Waals surface area contributed by atoms with E-state index >= 15 is 0 Å². The lowest BCUT2D eigenvalue weighted by Crippen LogP contribution is -2.16. The summed E-state index contributed by atoms with van der Waals surface area (Å²) in [7, 11) is 0. The van der Waals surface area contributed by atoms with Crippen molar-refractivity contribution in [2.75, 3.05) is 10.6 Å². The first-order chi connectivity index (χ1) is 12.6. The van der Waals surface area contributed by atoms with Crippen LogP contribution in [-0.4, -0.2) is 16.1 Å². The van der Waals surface area contributed by atoms with E-state index in [0.29, 0.717) is 24.6 Å². The Morgan fingerprint density at radius 2 is 1.38 bits per heavy atom. The predicted octanol–water partition coefficient (Wildman–Crippen LogP) is 3.89. The lowest BCUT2D eigenvalue weighted by molar-refractivity contribution is -0.115. The van der Waals surface area contributed by atoms with Crippen LogP contribution in [0.4, 0.5) is 11.6 Å². The number of amides is 1. The molecule has 0 fully saturated rings. The fraction of sp³-hybridized carbons (Fsp3) is 0.190. The Kier molecular flexibility index (Phi) is 5.59. The average molecular weight is 346 g/mol. The molecule has 0 aliphatic carbocycles. The van der Waals surface area contributed by atoms with E-state index in [1.807, 2.05) is 49.4 Å². The Morgan fingerprint density at radius 1 is 0.808 bits per heavy atom. The number of carbonyl (C=O) groups excluding carboxylic acids is 1. The number of aromatic nitrogens is 2. The van der Waals surface area contributed by atoms with Crippen LogP contribution < -0.4 is 10.6 Å². The maximum Gasteiger partial charge on any atom is 0.230 e. The number of aryl methyl sites for hydroxylation is 2. The molecule has 0 aliphatic rings. The van der Waals surface area contributed by atoms with Crippen molar-refractivity contribution in [2.24, 2.45) is 0 Å². The summed E-state index contributed by atoms with van der Waals surface area (Å²) in [6, 6.07) is 19.6. The van der Waals surface area contributed by atoms with Gasteiger partial charge in [-0.15, -0.1) is 10.2 Å². The van der Waals surface area contributed by atoms with Crippen LogP contribution in [-0.2, 0) is 17.8 Å². The molecule has 5 nitrogen and oxygen atoms in total. The third kappa shape index (κ3) is 4.66. The third-order valence-corrected chi connectivity index (χ3v) is 4.27. The molecule has 0 unspecified atom stereocenters. The molecule has 132 valence electrons. The van der Waals surface area contributed by atoms with Crippen molar-refractivity contribution in [3.8, 4) is 0 Å². The standard InChI is InChI=1S/C21H22N4O/c1-15-7-3-5-9-17(15)13-21(26)23-20-12-11-19(24-25-20)22-14-18-10-6-4-8-16(18)2/h3-12H,13-14H2,1-2H3,(H,22,24)(H,23,25,26). The number of nitrogens with zero attached hydrogens (tertiary/aromatic N) is 2. The van der Waals surface area contributed by atoms with Crippen LogP contribution in [0.1, 0.15) is 22.3 Å². The highest BCUT2D eigenvalue weighted by molar-refractivity contribution is 5.91. The third-order valence-electron chi connectivity index (χ3n) is 4.27. The average Bonchev–Trinajstić information content (AvgIpc) is 2.64. The first-order valence-corrected chi connectivity index (χ1v) is 8.58. The Bertz CT molecular complexity index is 891. The van der Waals surface area contributed by atoms with Crippen LogP contribution in [0.2, 0.25) is 0 Å². The number of benzene rings is 2. The summed E-state index contributed by atoms with van der Waals surface area (Å²) in [5.74, 6) is 1.02. The molecule has 0 atom stereocenters. The van der Waals surface area contributed by atoms with Crippen LogP contribution in [0.25, 0.3) is 0 Å². The highest BCUT2D eigenvalue weighted by atomic mass is 16.1. The Morgan fingerprint density at radius 3 is 2.00 bits per heavy atom. The summed E-state index contributed by atoms with van der Waals surface area (Å²) in [5, 5.41) is 14.2. The summed E-state index contributed by atoms with van der Waals surface area (Å²) in [6.45, 7) is 4.76. The van der Waals surface area contributed by atoms with Crippen LogP contribution >= 0.6 is 0 Å². The van der Waals surface area contributed by atoms with Gasteiger partial charge in [0.15, 0.2) is 5.82 Å². The van der Waals surface area contributed by atoms with E-state index in [2.05, 4.69) is 39.9 Å². The van der Waals surface area contributed by atoms with Crippen molar-refractivity contribution in [1.82, 2.24) is 10.2 Å². The summed E-state index contributed by atoms with van der Waals surface area (Å²) in [6.07, 6.45) is 0.321. The van der Waals surface area contributed by atoms with Gasteiger partial charge < -0.3 is 10.6 Å². The maximum absolute atomic E-state index is 12.2. The first-order valence-electron chi connectivity index (χ1n) is 8.58. The van der Waals surface area contributed by atoms with Gasteiger partial charge in [0.2, 0.25) is 5.91 Å². The van der Waals surface area contributed by atoms with Gasteiger partial charge in [-0.1, -0.05) is 48.5 Å². The minimum Gasteiger partial charge on any atom is -0.364 e. The molecule has 0 bridgehead atoms. The molecule has 0 radical (unpaired) electrons. The van der Waals surface area contributed by atoms with Gasteiger partial charge in [-0.25, -0.2) is 0 Å². The number of hydrogen-bond acceptors (Lipinski definition) is 4. The SMILES string of the molecule is Cc1ccccc1CNc1ccc(NC(=O)Cc2ccccc2C)nn1. The molecule has 0 aliphatic heterocycles. The lowest BCUT2D eigenvalue weighted by Gasteiger charge is -2.09. The molecule has 0 spiro atoms. The van der Waals surface area contributed by atoms with Gasteiger partial charge in [-0.3, -0.25) is 4.79 Å². The number of hydrogen-bond donors (Lipinski definition) is 2. The van der Waals surface area contributed by atoms with E-state index in [9.17, 15) is 4.79 Å². The smallest absolute Gasteiger partial charge is 0.230 e. The molecule has 2 N–H and O–H groups in total. The fourth-order valence-electron chi connectivity index (χ4n) is 2.66. The van der Waals surface area contributed by atoms with Gasteiger partial charge >= 0.3 is 0 Å². The van der Waals surface area contributed by atoms with Crippen molar-refractivity contribution in [2.45, 2.75) is 26.8 Å².